The van der Waals surface area contributed by atoms with Crippen LogP contribution in [0.25, 0.3) is 0 Å². The first kappa shape index (κ1) is 12.0. The number of nitrogen functional groups attached to an aromatic ring is 1. The monoisotopic (exact) mass is 258 g/mol. The molecule has 5 nitrogen and oxygen atoms in total. The molecule has 1 saturated heterocycles. The Balaban J connectivity index is 1.73. The van der Waals surface area contributed by atoms with Gasteiger partial charge in [-0.15, -0.1) is 5.10 Å². The summed E-state index contributed by atoms with van der Waals surface area (Å²) >= 11 is 0. The SMILES string of the molecule is Nc1ccccc1Cc1nnc(N2CCCCC2)o1. The number of aromatic nitrogens is 2. The lowest BCUT2D eigenvalue weighted by Gasteiger charge is -2.24. The first-order valence-corrected chi connectivity index (χ1v) is 6.73. The van der Waals surface area contributed by atoms with Crippen molar-refractivity contribution in [3.05, 3.63) is 35.7 Å². The number of nitrogens with two attached hydrogens (primary N) is 1. The van der Waals surface area contributed by atoms with E-state index in [1.165, 1.54) is 19.3 Å². The Morgan fingerprint density at radius 2 is 1.89 bits per heavy atom. The van der Waals surface area contributed by atoms with E-state index < -0.39 is 0 Å². The minimum Gasteiger partial charge on any atom is -0.408 e. The molecule has 0 unspecified atom stereocenters. The summed E-state index contributed by atoms with van der Waals surface area (Å²) in [4.78, 5) is 2.16. The molecule has 2 aromatic rings. The van der Waals surface area contributed by atoms with Crippen LogP contribution in [-0.4, -0.2) is 23.3 Å². The minimum atomic E-state index is 0.591. The van der Waals surface area contributed by atoms with Crippen molar-refractivity contribution in [1.82, 2.24) is 10.2 Å². The van der Waals surface area contributed by atoms with E-state index in [0.29, 0.717) is 18.3 Å². The van der Waals surface area contributed by atoms with Crippen LogP contribution in [0.3, 0.4) is 0 Å². The van der Waals surface area contributed by atoms with Crippen molar-refractivity contribution >= 4 is 11.7 Å². The number of anilines is 2. The van der Waals surface area contributed by atoms with Gasteiger partial charge in [-0.25, -0.2) is 0 Å². The van der Waals surface area contributed by atoms with Gasteiger partial charge in [0, 0.05) is 18.8 Å². The molecule has 19 heavy (non-hydrogen) atoms. The maximum atomic E-state index is 5.92. The van der Waals surface area contributed by atoms with Crippen molar-refractivity contribution in [2.45, 2.75) is 25.7 Å². The molecule has 0 amide bonds. The number of hydrogen-bond acceptors (Lipinski definition) is 5. The molecule has 0 spiro atoms. The maximum Gasteiger partial charge on any atom is 0.318 e. The molecule has 3 rings (SSSR count). The van der Waals surface area contributed by atoms with Crippen molar-refractivity contribution in [2.75, 3.05) is 23.7 Å². The first-order chi connectivity index (χ1) is 9.33. The van der Waals surface area contributed by atoms with Gasteiger partial charge in [-0.05, 0) is 30.9 Å². The highest BCUT2D eigenvalue weighted by molar-refractivity contribution is 5.47. The second-order valence-electron chi connectivity index (χ2n) is 4.90. The van der Waals surface area contributed by atoms with Crippen molar-refractivity contribution in [3.63, 3.8) is 0 Å². The third-order valence-electron chi connectivity index (χ3n) is 3.48. The van der Waals surface area contributed by atoms with Crippen LogP contribution in [0.15, 0.2) is 28.7 Å². The molecule has 2 N–H and O–H groups in total. The molecule has 0 radical (unpaired) electrons. The zero-order chi connectivity index (χ0) is 13.1. The second kappa shape index (κ2) is 5.30. The summed E-state index contributed by atoms with van der Waals surface area (Å²) in [5.74, 6) is 0.624. The van der Waals surface area contributed by atoms with E-state index in [4.69, 9.17) is 10.2 Å². The van der Waals surface area contributed by atoms with Crippen LogP contribution < -0.4 is 10.6 Å². The molecule has 5 heteroatoms. The van der Waals surface area contributed by atoms with Crippen LogP contribution in [0.4, 0.5) is 11.7 Å². The third kappa shape index (κ3) is 2.70. The minimum absolute atomic E-state index is 0.591. The van der Waals surface area contributed by atoms with E-state index in [2.05, 4.69) is 15.1 Å². The Morgan fingerprint density at radius 1 is 1.11 bits per heavy atom. The van der Waals surface area contributed by atoms with E-state index in [1.807, 2.05) is 24.3 Å². The molecule has 1 aliphatic rings. The topological polar surface area (TPSA) is 68.2 Å². The van der Waals surface area contributed by atoms with Crippen molar-refractivity contribution in [1.29, 1.82) is 0 Å². The Kier molecular flexibility index (Phi) is 3.35. The Hall–Kier alpha value is -2.04. The lowest BCUT2D eigenvalue weighted by Crippen LogP contribution is -2.29. The van der Waals surface area contributed by atoms with Crippen molar-refractivity contribution in [2.24, 2.45) is 0 Å². The van der Waals surface area contributed by atoms with Crippen LogP contribution in [0.2, 0.25) is 0 Å². The van der Waals surface area contributed by atoms with Crippen LogP contribution in [0.5, 0.6) is 0 Å². The average Bonchev–Trinajstić information content (AvgIpc) is 2.91. The van der Waals surface area contributed by atoms with Crippen LogP contribution in [-0.2, 0) is 6.42 Å². The van der Waals surface area contributed by atoms with Crippen molar-refractivity contribution < 1.29 is 4.42 Å². The van der Waals surface area contributed by atoms with Gasteiger partial charge < -0.3 is 15.1 Å². The Morgan fingerprint density at radius 3 is 2.68 bits per heavy atom. The summed E-state index contributed by atoms with van der Waals surface area (Å²) in [6, 6.07) is 8.40. The van der Waals surface area contributed by atoms with Gasteiger partial charge in [0.05, 0.1) is 6.42 Å². The quantitative estimate of drug-likeness (QED) is 0.855. The molecule has 100 valence electrons. The van der Waals surface area contributed by atoms with E-state index >= 15 is 0 Å². The van der Waals surface area contributed by atoms with Crippen LogP contribution in [0.1, 0.15) is 30.7 Å². The molecule has 0 bridgehead atoms. The largest absolute Gasteiger partial charge is 0.408 e. The predicted molar refractivity (Wildman–Crippen MR) is 74.0 cm³/mol. The summed E-state index contributed by atoms with van der Waals surface area (Å²) < 4.78 is 5.73. The van der Waals surface area contributed by atoms with Gasteiger partial charge in [-0.1, -0.05) is 23.3 Å². The molecule has 1 aliphatic heterocycles. The summed E-state index contributed by atoms with van der Waals surface area (Å²) in [5.41, 5.74) is 7.71. The number of benzene rings is 1. The number of para-hydroxylation sites is 1. The molecule has 0 aliphatic carbocycles. The second-order valence-corrected chi connectivity index (χ2v) is 4.90. The Labute approximate surface area is 112 Å². The fraction of sp³-hybridized carbons (Fsp3) is 0.429. The van der Waals surface area contributed by atoms with Gasteiger partial charge in [0.25, 0.3) is 0 Å². The van der Waals surface area contributed by atoms with Gasteiger partial charge in [-0.3, -0.25) is 0 Å². The van der Waals surface area contributed by atoms with E-state index in [9.17, 15) is 0 Å². The molecule has 0 atom stereocenters. The zero-order valence-corrected chi connectivity index (χ0v) is 10.9. The van der Waals surface area contributed by atoms with Gasteiger partial charge >= 0.3 is 6.01 Å². The van der Waals surface area contributed by atoms with Gasteiger partial charge in [-0.2, -0.15) is 0 Å². The predicted octanol–water partition coefficient (Wildman–Crippen LogP) is 2.23. The van der Waals surface area contributed by atoms with E-state index in [0.717, 1.165) is 24.3 Å². The molecule has 1 aromatic heterocycles. The van der Waals surface area contributed by atoms with Crippen molar-refractivity contribution in [3.8, 4) is 0 Å². The van der Waals surface area contributed by atoms with Crippen LogP contribution >= 0.6 is 0 Å². The normalized spacial score (nSPS) is 15.7. The summed E-state index contributed by atoms with van der Waals surface area (Å²) in [6.07, 6.45) is 4.28. The standard InChI is InChI=1S/C14H18N4O/c15-12-7-3-2-6-11(12)10-13-16-17-14(19-13)18-8-4-1-5-9-18/h2-3,6-7H,1,4-5,8-10,15H2. The van der Waals surface area contributed by atoms with E-state index in [1.54, 1.807) is 0 Å². The van der Waals surface area contributed by atoms with Crippen LogP contribution in [0, 0.1) is 0 Å². The lowest BCUT2D eigenvalue weighted by molar-refractivity contribution is 0.467. The summed E-state index contributed by atoms with van der Waals surface area (Å²) in [6.45, 7) is 2.02. The highest BCUT2D eigenvalue weighted by Gasteiger charge is 2.17. The zero-order valence-electron chi connectivity index (χ0n) is 10.9. The first-order valence-electron chi connectivity index (χ1n) is 6.73. The molecule has 1 aromatic carbocycles. The summed E-state index contributed by atoms with van der Waals surface area (Å²) in [7, 11) is 0. The number of piperidine rings is 1. The fourth-order valence-corrected chi connectivity index (χ4v) is 2.39. The molecular weight excluding hydrogens is 240 g/mol. The Bertz CT molecular complexity index is 546. The van der Waals surface area contributed by atoms with Gasteiger partial charge in [0.2, 0.25) is 5.89 Å². The smallest absolute Gasteiger partial charge is 0.318 e. The summed E-state index contributed by atoms with van der Waals surface area (Å²) in [5, 5.41) is 8.25. The molecule has 2 heterocycles. The van der Waals surface area contributed by atoms with E-state index in [-0.39, 0.29) is 0 Å². The number of nitrogens with zero attached hydrogens (tertiary/aromatic N) is 3. The third-order valence-corrected chi connectivity index (χ3v) is 3.48. The number of rotatable bonds is 3. The highest BCUT2D eigenvalue weighted by Crippen LogP contribution is 2.20. The molecule has 1 fully saturated rings. The molecule has 0 saturated carbocycles. The highest BCUT2D eigenvalue weighted by atomic mass is 16.4. The maximum absolute atomic E-state index is 5.92. The molecular formula is C14H18N4O. The van der Waals surface area contributed by atoms with Gasteiger partial charge in [0.15, 0.2) is 0 Å². The average molecular weight is 258 g/mol. The lowest BCUT2D eigenvalue weighted by atomic mass is 10.1. The van der Waals surface area contributed by atoms with Gasteiger partial charge in [0.1, 0.15) is 0 Å². The fourth-order valence-electron chi connectivity index (χ4n) is 2.39. The number of hydrogen-bond donors (Lipinski definition) is 1.